The van der Waals surface area contributed by atoms with Crippen molar-refractivity contribution in [3.05, 3.63) is 58.1 Å². The molecule has 0 unspecified atom stereocenters. The smallest absolute Gasteiger partial charge is 0.337 e. The molecule has 0 aliphatic heterocycles. The largest absolute Gasteiger partial charge is 0.506 e. The lowest BCUT2D eigenvalue weighted by molar-refractivity contribution is -0.384. The van der Waals surface area contributed by atoms with E-state index in [0.29, 0.717) is 11.4 Å². The normalized spacial score (nSPS) is 9.95. The van der Waals surface area contributed by atoms with Gasteiger partial charge >= 0.3 is 5.97 Å². The van der Waals surface area contributed by atoms with Crippen LogP contribution in [0.4, 0.5) is 17.1 Å². The summed E-state index contributed by atoms with van der Waals surface area (Å²) in [5.41, 5.74) is 1.08. The lowest BCUT2D eigenvalue weighted by Crippen LogP contribution is -2.02. The Morgan fingerprint density at radius 3 is 2.48 bits per heavy atom. The highest BCUT2D eigenvalue weighted by Gasteiger charge is 2.10. The number of rotatable bonds is 4. The van der Waals surface area contributed by atoms with E-state index in [1.54, 1.807) is 0 Å². The minimum Gasteiger partial charge on any atom is -0.506 e. The number of hydrogen-bond acceptors (Lipinski definition) is 6. The molecule has 0 amide bonds. The molecular formula is C14H12N2O5. The molecule has 0 atom stereocenters. The van der Waals surface area contributed by atoms with Gasteiger partial charge in [0.15, 0.2) is 0 Å². The van der Waals surface area contributed by atoms with Gasteiger partial charge in [-0.1, -0.05) is 0 Å². The van der Waals surface area contributed by atoms with Crippen LogP contribution in [0.2, 0.25) is 0 Å². The van der Waals surface area contributed by atoms with Crippen molar-refractivity contribution in [3.63, 3.8) is 0 Å². The highest BCUT2D eigenvalue weighted by molar-refractivity contribution is 5.91. The second-order valence-electron chi connectivity index (χ2n) is 4.15. The lowest BCUT2D eigenvalue weighted by atomic mass is 10.1. The zero-order valence-electron chi connectivity index (χ0n) is 11.1. The number of nitro benzene ring substituents is 1. The van der Waals surface area contributed by atoms with Crippen LogP contribution in [0.1, 0.15) is 10.4 Å². The number of nitro groups is 1. The van der Waals surface area contributed by atoms with Crippen molar-refractivity contribution >= 4 is 23.0 Å². The van der Waals surface area contributed by atoms with E-state index in [1.165, 1.54) is 49.6 Å². The third kappa shape index (κ3) is 3.27. The molecule has 2 aromatic carbocycles. The molecule has 0 heterocycles. The summed E-state index contributed by atoms with van der Waals surface area (Å²) in [6, 6.07) is 9.91. The Hall–Kier alpha value is -3.09. The first-order chi connectivity index (χ1) is 10.0. The van der Waals surface area contributed by atoms with Gasteiger partial charge in [0.05, 0.1) is 23.3 Å². The molecule has 7 heteroatoms. The molecule has 0 saturated carbocycles. The maximum absolute atomic E-state index is 11.4. The molecule has 7 nitrogen and oxygen atoms in total. The van der Waals surface area contributed by atoms with Crippen LogP contribution in [-0.4, -0.2) is 23.1 Å². The molecule has 2 aromatic rings. The molecule has 0 saturated heterocycles. The van der Waals surface area contributed by atoms with Gasteiger partial charge in [-0.05, 0) is 30.3 Å². The molecule has 0 bridgehead atoms. The summed E-state index contributed by atoms with van der Waals surface area (Å²) in [7, 11) is 1.26. The average Bonchev–Trinajstić information content (AvgIpc) is 2.49. The minimum atomic E-state index is -0.526. The van der Waals surface area contributed by atoms with E-state index in [2.05, 4.69) is 10.1 Å². The van der Waals surface area contributed by atoms with Gasteiger partial charge in [0.1, 0.15) is 5.75 Å². The predicted molar refractivity (Wildman–Crippen MR) is 75.8 cm³/mol. The highest BCUT2D eigenvalue weighted by atomic mass is 16.6. The lowest BCUT2D eigenvalue weighted by Gasteiger charge is -2.09. The Kier molecular flexibility index (Phi) is 4.03. The SMILES string of the molecule is COC(=O)c1ccc(O)c(Nc2ccc([N+](=O)[O-])cc2)c1. The number of ether oxygens (including phenoxy) is 1. The fourth-order valence-electron chi connectivity index (χ4n) is 1.70. The molecule has 0 fully saturated rings. The second kappa shape index (κ2) is 5.91. The quantitative estimate of drug-likeness (QED) is 0.388. The number of carbonyl (C=O) groups excluding carboxylic acids is 1. The van der Waals surface area contributed by atoms with E-state index in [4.69, 9.17) is 0 Å². The Balaban J connectivity index is 2.26. The molecule has 0 spiro atoms. The first-order valence-corrected chi connectivity index (χ1v) is 5.94. The summed E-state index contributed by atoms with van der Waals surface area (Å²) in [5, 5.41) is 23.2. The summed E-state index contributed by atoms with van der Waals surface area (Å²) >= 11 is 0. The fourth-order valence-corrected chi connectivity index (χ4v) is 1.70. The molecule has 0 aliphatic carbocycles. The van der Waals surface area contributed by atoms with Crippen LogP contribution in [0.5, 0.6) is 5.75 Å². The first kappa shape index (κ1) is 14.3. The van der Waals surface area contributed by atoms with E-state index in [0.717, 1.165) is 0 Å². The van der Waals surface area contributed by atoms with Gasteiger partial charge in [0, 0.05) is 17.8 Å². The Morgan fingerprint density at radius 2 is 1.90 bits per heavy atom. The third-order valence-corrected chi connectivity index (χ3v) is 2.77. The van der Waals surface area contributed by atoms with E-state index >= 15 is 0 Å². The molecule has 108 valence electrons. The first-order valence-electron chi connectivity index (χ1n) is 5.94. The monoisotopic (exact) mass is 288 g/mol. The van der Waals surface area contributed by atoms with Crippen LogP contribution >= 0.6 is 0 Å². The summed E-state index contributed by atoms with van der Waals surface area (Å²) in [6.07, 6.45) is 0. The number of methoxy groups -OCH3 is 1. The van der Waals surface area contributed by atoms with Crippen molar-refractivity contribution < 1.29 is 19.6 Å². The Bertz CT molecular complexity index is 682. The standard InChI is InChI=1S/C14H12N2O5/c1-21-14(18)9-2-7-13(17)12(8-9)15-10-3-5-11(6-4-10)16(19)20/h2-8,15,17H,1H3. The van der Waals surface area contributed by atoms with E-state index < -0.39 is 10.9 Å². The molecule has 0 aromatic heterocycles. The summed E-state index contributed by atoms with van der Waals surface area (Å²) < 4.78 is 4.60. The van der Waals surface area contributed by atoms with Gasteiger partial charge < -0.3 is 15.2 Å². The van der Waals surface area contributed by atoms with Crippen molar-refractivity contribution in [2.75, 3.05) is 12.4 Å². The van der Waals surface area contributed by atoms with Crippen LogP contribution in [0, 0.1) is 10.1 Å². The van der Waals surface area contributed by atoms with Gasteiger partial charge in [-0.3, -0.25) is 10.1 Å². The van der Waals surface area contributed by atoms with Crippen LogP contribution in [0.15, 0.2) is 42.5 Å². The number of nitrogens with one attached hydrogen (secondary N) is 1. The van der Waals surface area contributed by atoms with Crippen LogP contribution < -0.4 is 5.32 Å². The molecule has 21 heavy (non-hydrogen) atoms. The molecular weight excluding hydrogens is 276 g/mol. The Labute approximate surface area is 119 Å². The zero-order valence-corrected chi connectivity index (χ0v) is 11.1. The summed E-state index contributed by atoms with van der Waals surface area (Å²) in [5.74, 6) is -0.581. The molecule has 2 rings (SSSR count). The zero-order chi connectivity index (χ0) is 15.4. The Morgan fingerprint density at radius 1 is 1.24 bits per heavy atom. The van der Waals surface area contributed by atoms with E-state index in [1.807, 2.05) is 0 Å². The molecule has 0 aliphatic rings. The summed E-state index contributed by atoms with van der Waals surface area (Å²) in [4.78, 5) is 21.5. The number of benzene rings is 2. The van der Waals surface area contributed by atoms with Gasteiger partial charge in [-0.15, -0.1) is 0 Å². The van der Waals surface area contributed by atoms with E-state index in [9.17, 15) is 20.0 Å². The summed E-state index contributed by atoms with van der Waals surface area (Å²) in [6.45, 7) is 0. The number of carbonyl (C=O) groups is 1. The number of esters is 1. The van der Waals surface area contributed by atoms with Crippen molar-refractivity contribution in [2.24, 2.45) is 0 Å². The van der Waals surface area contributed by atoms with Crippen LogP contribution in [0.25, 0.3) is 0 Å². The average molecular weight is 288 g/mol. The highest BCUT2D eigenvalue weighted by Crippen LogP contribution is 2.28. The minimum absolute atomic E-state index is 0.0342. The number of nitrogens with zero attached hydrogens (tertiary/aromatic N) is 1. The number of anilines is 2. The topological polar surface area (TPSA) is 102 Å². The predicted octanol–water partition coefficient (Wildman–Crippen LogP) is 2.83. The third-order valence-electron chi connectivity index (χ3n) is 2.77. The van der Waals surface area contributed by atoms with Crippen molar-refractivity contribution in [1.82, 2.24) is 0 Å². The van der Waals surface area contributed by atoms with Crippen molar-refractivity contribution in [3.8, 4) is 5.75 Å². The fraction of sp³-hybridized carbons (Fsp3) is 0.0714. The maximum Gasteiger partial charge on any atom is 0.337 e. The number of aromatic hydroxyl groups is 1. The van der Waals surface area contributed by atoms with Gasteiger partial charge in [0.25, 0.3) is 5.69 Å². The van der Waals surface area contributed by atoms with Crippen LogP contribution in [-0.2, 0) is 4.74 Å². The number of non-ortho nitro benzene ring substituents is 1. The van der Waals surface area contributed by atoms with Gasteiger partial charge in [0.2, 0.25) is 0 Å². The van der Waals surface area contributed by atoms with Gasteiger partial charge in [-0.25, -0.2) is 4.79 Å². The maximum atomic E-state index is 11.4. The van der Waals surface area contributed by atoms with Crippen molar-refractivity contribution in [2.45, 2.75) is 0 Å². The van der Waals surface area contributed by atoms with Crippen LogP contribution in [0.3, 0.4) is 0 Å². The second-order valence-corrected chi connectivity index (χ2v) is 4.15. The number of phenols is 1. The molecule has 2 N–H and O–H groups in total. The van der Waals surface area contributed by atoms with Gasteiger partial charge in [-0.2, -0.15) is 0 Å². The number of phenolic OH excluding ortho intramolecular Hbond substituents is 1. The molecule has 0 radical (unpaired) electrons. The van der Waals surface area contributed by atoms with E-state index in [-0.39, 0.29) is 17.0 Å². The van der Waals surface area contributed by atoms with Crippen molar-refractivity contribution in [1.29, 1.82) is 0 Å². The number of hydrogen-bond donors (Lipinski definition) is 2.